The minimum Gasteiger partial charge on any atom is -0.397 e. The molecule has 0 aromatic carbocycles. The van der Waals surface area contributed by atoms with Crippen LogP contribution in [-0.2, 0) is 0 Å². The molecule has 0 saturated heterocycles. The van der Waals surface area contributed by atoms with Gasteiger partial charge in [0.2, 0.25) is 0 Å². The van der Waals surface area contributed by atoms with Gasteiger partial charge in [0.15, 0.2) is 0 Å². The van der Waals surface area contributed by atoms with Gasteiger partial charge < -0.3 is 5.73 Å². The summed E-state index contributed by atoms with van der Waals surface area (Å²) in [5.74, 6) is 0.485. The fraction of sp³-hybridized carbons (Fsp3) is 0.478. The van der Waals surface area contributed by atoms with E-state index in [1.165, 1.54) is 12.8 Å². The molecule has 7 heteroatoms. The summed E-state index contributed by atoms with van der Waals surface area (Å²) < 4.78 is 3.57. The lowest BCUT2D eigenvalue weighted by molar-refractivity contribution is 0.315. The number of nitrogens with two attached hydrogens (primary N) is 1. The van der Waals surface area contributed by atoms with Gasteiger partial charge >= 0.3 is 0 Å². The molecule has 3 aromatic heterocycles. The summed E-state index contributed by atoms with van der Waals surface area (Å²) in [5.41, 5.74) is 9.36. The molecule has 30 heavy (non-hydrogen) atoms. The Kier molecular flexibility index (Phi) is 8.43. The van der Waals surface area contributed by atoms with Crippen molar-refractivity contribution in [2.45, 2.75) is 65.8 Å². The van der Waals surface area contributed by atoms with Gasteiger partial charge in [0.25, 0.3) is 0 Å². The molecule has 0 aliphatic heterocycles. The summed E-state index contributed by atoms with van der Waals surface area (Å²) in [6.45, 7) is 8.00. The van der Waals surface area contributed by atoms with Crippen molar-refractivity contribution in [3.05, 3.63) is 36.4 Å². The summed E-state index contributed by atoms with van der Waals surface area (Å²) in [6.07, 6.45) is 12.1. The predicted molar refractivity (Wildman–Crippen MR) is 119 cm³/mol. The number of anilines is 1. The summed E-state index contributed by atoms with van der Waals surface area (Å²) >= 11 is 0. The maximum atomic E-state index is 9.52. The third-order valence-electron chi connectivity index (χ3n) is 5.25. The number of nitriles is 2. The standard InChI is InChI=1S/C19H19N7.2C2H6/c20-6-5-17(13-3-1-2-4-13)25-11-15(10-24-25)19-14(8-21)9-23-26-12-16(22)7-18(19)26;2*1-2/h7,9-13,17H,1-5,22H2;2*1-2H3. The molecule has 2 N–H and O–H groups in total. The number of nitrogens with zero attached hydrogens (tertiary/aromatic N) is 6. The molecule has 0 spiro atoms. The average molecular weight is 406 g/mol. The first kappa shape index (κ1) is 23.0. The summed E-state index contributed by atoms with van der Waals surface area (Å²) in [6, 6.07) is 6.40. The lowest BCUT2D eigenvalue weighted by Crippen LogP contribution is -2.17. The first-order chi connectivity index (χ1) is 14.7. The maximum absolute atomic E-state index is 9.52. The molecule has 0 radical (unpaired) electrons. The molecule has 4 rings (SSSR count). The van der Waals surface area contributed by atoms with Crippen LogP contribution in [0.3, 0.4) is 0 Å². The Balaban J connectivity index is 0.000000757. The molecule has 7 nitrogen and oxygen atoms in total. The number of hydrogen-bond donors (Lipinski definition) is 1. The van der Waals surface area contributed by atoms with Gasteiger partial charge in [0, 0.05) is 17.3 Å². The second kappa shape index (κ2) is 11.0. The summed E-state index contributed by atoms with van der Waals surface area (Å²) in [4.78, 5) is 0. The Morgan fingerprint density at radius 1 is 1.10 bits per heavy atom. The van der Waals surface area contributed by atoms with Gasteiger partial charge in [-0.15, -0.1) is 0 Å². The van der Waals surface area contributed by atoms with E-state index in [-0.39, 0.29) is 6.04 Å². The largest absolute Gasteiger partial charge is 0.397 e. The molecule has 1 atom stereocenters. The average Bonchev–Trinajstić information content (AvgIpc) is 3.54. The van der Waals surface area contributed by atoms with E-state index in [2.05, 4.69) is 22.3 Å². The van der Waals surface area contributed by atoms with E-state index in [0.717, 1.165) is 29.5 Å². The van der Waals surface area contributed by atoms with Gasteiger partial charge in [-0.2, -0.15) is 20.7 Å². The van der Waals surface area contributed by atoms with Crippen molar-refractivity contribution in [1.82, 2.24) is 19.4 Å². The SMILES string of the molecule is CC.CC.N#CCC(C1CCCC1)n1cc(-c2c(C#N)cnn3cc(N)cc23)cn1. The zero-order chi connectivity index (χ0) is 22.1. The van der Waals surface area contributed by atoms with Gasteiger partial charge in [-0.3, -0.25) is 4.68 Å². The van der Waals surface area contributed by atoms with Crippen LogP contribution in [0.1, 0.15) is 71.4 Å². The molecule has 1 fully saturated rings. The van der Waals surface area contributed by atoms with Gasteiger partial charge in [-0.05, 0) is 24.8 Å². The Morgan fingerprint density at radius 3 is 2.43 bits per heavy atom. The summed E-state index contributed by atoms with van der Waals surface area (Å²) in [7, 11) is 0. The number of nitrogen functional groups attached to an aromatic ring is 1. The van der Waals surface area contributed by atoms with Crippen LogP contribution in [0.4, 0.5) is 5.69 Å². The molecule has 1 aliphatic carbocycles. The van der Waals surface area contributed by atoms with E-state index >= 15 is 0 Å². The molecular formula is C23H31N7. The molecule has 1 aliphatic rings. The molecule has 3 heterocycles. The van der Waals surface area contributed by atoms with Crippen LogP contribution < -0.4 is 5.73 Å². The van der Waals surface area contributed by atoms with E-state index < -0.39 is 0 Å². The third kappa shape index (κ3) is 4.63. The van der Waals surface area contributed by atoms with Crippen molar-refractivity contribution in [2.24, 2.45) is 5.92 Å². The van der Waals surface area contributed by atoms with Crippen molar-refractivity contribution in [3.63, 3.8) is 0 Å². The number of rotatable bonds is 4. The highest BCUT2D eigenvalue weighted by atomic mass is 15.3. The Bertz CT molecular complexity index is 1030. The van der Waals surface area contributed by atoms with Crippen LogP contribution in [-0.4, -0.2) is 19.4 Å². The second-order valence-corrected chi connectivity index (χ2v) is 6.83. The number of fused-ring (bicyclic) bond motifs is 1. The normalized spacial score (nSPS) is 14.1. The van der Waals surface area contributed by atoms with Gasteiger partial charge in [-0.25, -0.2) is 4.52 Å². The van der Waals surface area contributed by atoms with E-state index in [0.29, 0.717) is 23.6 Å². The number of hydrogen-bond acceptors (Lipinski definition) is 5. The molecule has 0 bridgehead atoms. The smallest absolute Gasteiger partial charge is 0.102 e. The quantitative estimate of drug-likeness (QED) is 0.629. The van der Waals surface area contributed by atoms with Gasteiger partial charge in [0.1, 0.15) is 6.07 Å². The Hall–Kier alpha value is -3.32. The van der Waals surface area contributed by atoms with E-state index in [9.17, 15) is 10.5 Å². The predicted octanol–water partition coefficient (Wildman–Crippen LogP) is 5.35. The minimum absolute atomic E-state index is 0.0801. The highest BCUT2D eigenvalue weighted by molar-refractivity contribution is 5.85. The lowest BCUT2D eigenvalue weighted by Gasteiger charge is -2.21. The first-order valence-corrected chi connectivity index (χ1v) is 10.8. The van der Waals surface area contributed by atoms with Gasteiger partial charge in [0.05, 0.1) is 53.9 Å². The van der Waals surface area contributed by atoms with Crippen molar-refractivity contribution >= 4 is 11.2 Å². The van der Waals surface area contributed by atoms with E-state index in [1.54, 1.807) is 23.1 Å². The molecule has 3 aromatic rings. The molecule has 0 amide bonds. The second-order valence-electron chi connectivity index (χ2n) is 6.83. The van der Waals surface area contributed by atoms with Crippen LogP contribution in [0.2, 0.25) is 0 Å². The minimum atomic E-state index is 0.0801. The van der Waals surface area contributed by atoms with Crippen molar-refractivity contribution in [1.29, 1.82) is 10.5 Å². The van der Waals surface area contributed by atoms with Gasteiger partial charge in [-0.1, -0.05) is 40.5 Å². The fourth-order valence-corrected chi connectivity index (χ4v) is 4.03. The molecule has 1 saturated carbocycles. The summed E-state index contributed by atoms with van der Waals surface area (Å²) in [5, 5.41) is 27.5. The Morgan fingerprint density at radius 2 is 1.80 bits per heavy atom. The van der Waals surface area contributed by atoms with Crippen molar-refractivity contribution in [2.75, 3.05) is 5.73 Å². The van der Waals surface area contributed by atoms with Crippen LogP contribution in [0.25, 0.3) is 16.6 Å². The van der Waals surface area contributed by atoms with E-state index in [1.807, 2.05) is 44.6 Å². The highest BCUT2D eigenvalue weighted by Gasteiger charge is 2.27. The van der Waals surface area contributed by atoms with Crippen LogP contribution >= 0.6 is 0 Å². The third-order valence-corrected chi connectivity index (χ3v) is 5.25. The van der Waals surface area contributed by atoms with E-state index in [4.69, 9.17) is 5.73 Å². The monoisotopic (exact) mass is 405 g/mol. The topological polar surface area (TPSA) is 109 Å². The first-order valence-electron chi connectivity index (χ1n) is 10.8. The highest BCUT2D eigenvalue weighted by Crippen LogP contribution is 2.37. The van der Waals surface area contributed by atoms with Crippen LogP contribution in [0.15, 0.2) is 30.9 Å². The lowest BCUT2D eigenvalue weighted by atomic mass is 9.96. The van der Waals surface area contributed by atoms with Crippen LogP contribution in [0, 0.1) is 28.6 Å². The fourth-order valence-electron chi connectivity index (χ4n) is 4.03. The number of aromatic nitrogens is 4. The molecule has 1 unspecified atom stereocenters. The van der Waals surface area contributed by atoms with Crippen molar-refractivity contribution < 1.29 is 0 Å². The molecule has 158 valence electrons. The Labute approximate surface area is 178 Å². The maximum Gasteiger partial charge on any atom is 0.102 e. The zero-order valence-electron chi connectivity index (χ0n) is 18.3. The molecular weight excluding hydrogens is 374 g/mol. The van der Waals surface area contributed by atoms with Crippen LogP contribution in [0.5, 0.6) is 0 Å². The van der Waals surface area contributed by atoms with Crippen molar-refractivity contribution in [3.8, 4) is 23.3 Å². The zero-order valence-corrected chi connectivity index (χ0v) is 18.3.